The predicted octanol–water partition coefficient (Wildman–Crippen LogP) is 6.66. The van der Waals surface area contributed by atoms with Crippen LogP contribution >= 0.6 is 23.2 Å². The molecule has 2 aromatic carbocycles. The van der Waals surface area contributed by atoms with E-state index >= 15 is 0 Å². The van der Waals surface area contributed by atoms with Crippen molar-refractivity contribution >= 4 is 29.1 Å². The summed E-state index contributed by atoms with van der Waals surface area (Å²) in [7, 11) is 0. The molecule has 0 radical (unpaired) electrons. The zero-order valence-electron chi connectivity index (χ0n) is 14.5. The molecule has 0 bridgehead atoms. The summed E-state index contributed by atoms with van der Waals surface area (Å²) in [5.41, 5.74) is -2.90. The summed E-state index contributed by atoms with van der Waals surface area (Å²) < 4.78 is 78.1. The fourth-order valence-corrected chi connectivity index (χ4v) is 3.55. The van der Waals surface area contributed by atoms with Crippen molar-refractivity contribution in [3.63, 3.8) is 0 Å². The van der Waals surface area contributed by atoms with Gasteiger partial charge in [0.05, 0.1) is 21.2 Å². The molecule has 1 unspecified atom stereocenters. The number of rotatable bonds is 2. The average molecular weight is 456 g/mol. The van der Waals surface area contributed by atoms with Gasteiger partial charge in [-0.1, -0.05) is 29.3 Å². The number of benzene rings is 2. The lowest BCUT2D eigenvalue weighted by Crippen LogP contribution is -2.29. The Morgan fingerprint density at radius 3 is 2.00 bits per heavy atom. The van der Waals surface area contributed by atoms with Crippen LogP contribution in [0.15, 0.2) is 36.4 Å². The van der Waals surface area contributed by atoms with Gasteiger partial charge in [0.2, 0.25) is 0 Å². The van der Waals surface area contributed by atoms with E-state index in [0.717, 1.165) is 5.56 Å². The Hall–Kier alpha value is -1.93. The monoisotopic (exact) mass is 455 g/mol. The van der Waals surface area contributed by atoms with Crippen LogP contribution < -0.4 is 0 Å². The van der Waals surface area contributed by atoms with Crippen LogP contribution in [0.2, 0.25) is 10.0 Å². The molecular weight excluding hydrogens is 443 g/mol. The van der Waals surface area contributed by atoms with Gasteiger partial charge in [-0.25, -0.2) is 0 Å². The summed E-state index contributed by atoms with van der Waals surface area (Å²) in [6.07, 6.45) is -9.53. The normalized spacial score (nSPS) is 17.7. The number of likely N-dealkylation sites (tertiary alicyclic amines) is 1. The molecule has 1 saturated heterocycles. The number of amides is 1. The third-order valence-electron chi connectivity index (χ3n) is 4.73. The van der Waals surface area contributed by atoms with Crippen molar-refractivity contribution in [1.29, 1.82) is 0 Å². The molecule has 29 heavy (non-hydrogen) atoms. The summed E-state index contributed by atoms with van der Waals surface area (Å²) in [5.74, 6) is -1.04. The van der Waals surface area contributed by atoms with Crippen LogP contribution in [0.25, 0.3) is 0 Å². The van der Waals surface area contributed by atoms with Gasteiger partial charge in [0, 0.05) is 24.6 Å². The quantitative estimate of drug-likeness (QED) is 0.463. The molecule has 2 nitrogen and oxygen atoms in total. The lowest BCUT2D eigenvalue weighted by atomic mass is 9.98. The van der Waals surface area contributed by atoms with E-state index < -0.39 is 35.0 Å². The van der Waals surface area contributed by atoms with E-state index in [0.29, 0.717) is 28.6 Å². The number of hydrogen-bond donors (Lipinski definition) is 0. The topological polar surface area (TPSA) is 20.3 Å². The second kappa shape index (κ2) is 7.72. The number of hydrogen-bond acceptors (Lipinski definition) is 1. The molecule has 1 amide bonds. The molecule has 10 heteroatoms. The Balaban J connectivity index is 1.87. The lowest BCUT2D eigenvalue weighted by molar-refractivity contribution is -0.143. The van der Waals surface area contributed by atoms with Gasteiger partial charge in [-0.3, -0.25) is 4.79 Å². The zero-order chi connectivity index (χ0) is 21.6. The summed E-state index contributed by atoms with van der Waals surface area (Å²) in [6, 6.07) is 5.84. The van der Waals surface area contributed by atoms with Crippen molar-refractivity contribution < 1.29 is 31.1 Å². The molecule has 1 aliphatic heterocycles. The van der Waals surface area contributed by atoms with E-state index in [4.69, 9.17) is 23.2 Å². The van der Waals surface area contributed by atoms with Crippen LogP contribution in [-0.4, -0.2) is 23.9 Å². The van der Waals surface area contributed by atoms with Crippen LogP contribution in [-0.2, 0) is 12.4 Å². The van der Waals surface area contributed by atoms with Gasteiger partial charge in [-0.05, 0) is 42.3 Å². The first-order valence-electron chi connectivity index (χ1n) is 8.40. The van der Waals surface area contributed by atoms with Crippen LogP contribution in [0.3, 0.4) is 0 Å². The SMILES string of the molecule is O=C(c1cc(C(F)(F)F)cc(C(F)(F)F)c1)N1CCC(c2ccc(Cl)c(Cl)c2)C1. The standard InChI is InChI=1S/C19H13Cl2F6NO/c20-15-2-1-10(7-16(15)21)11-3-4-28(9-11)17(29)12-5-13(18(22,23)24)8-14(6-12)19(25,26)27/h1-2,5-8,11H,3-4,9H2. The first kappa shape index (κ1) is 21.8. The molecule has 0 N–H and O–H groups in total. The maximum atomic E-state index is 13.0. The van der Waals surface area contributed by atoms with Crippen LogP contribution in [0.5, 0.6) is 0 Å². The maximum absolute atomic E-state index is 13.0. The van der Waals surface area contributed by atoms with Crippen molar-refractivity contribution in [1.82, 2.24) is 4.90 Å². The van der Waals surface area contributed by atoms with Gasteiger partial charge in [0.1, 0.15) is 0 Å². The second-order valence-corrected chi connectivity index (χ2v) is 7.52. The Kier molecular flexibility index (Phi) is 5.80. The van der Waals surface area contributed by atoms with Gasteiger partial charge < -0.3 is 4.90 Å². The van der Waals surface area contributed by atoms with E-state index in [1.54, 1.807) is 18.2 Å². The number of carbonyl (C=O) groups is 1. The Bertz CT molecular complexity index is 909. The predicted molar refractivity (Wildman–Crippen MR) is 96.2 cm³/mol. The summed E-state index contributed by atoms with van der Waals surface area (Å²) in [5, 5.41) is 0.673. The van der Waals surface area contributed by atoms with Gasteiger partial charge in [-0.2, -0.15) is 26.3 Å². The van der Waals surface area contributed by atoms with Crippen LogP contribution in [0.1, 0.15) is 39.4 Å². The maximum Gasteiger partial charge on any atom is 0.416 e. The highest BCUT2D eigenvalue weighted by Gasteiger charge is 2.38. The van der Waals surface area contributed by atoms with Gasteiger partial charge in [0.25, 0.3) is 5.91 Å². The average Bonchev–Trinajstić information content (AvgIpc) is 3.11. The molecule has 2 aromatic rings. The molecule has 0 spiro atoms. The first-order valence-corrected chi connectivity index (χ1v) is 9.15. The number of alkyl halides is 6. The van der Waals surface area contributed by atoms with E-state index in [1.165, 1.54) is 4.90 Å². The first-order chi connectivity index (χ1) is 13.4. The molecule has 0 saturated carbocycles. The molecule has 1 atom stereocenters. The molecule has 3 rings (SSSR count). The fourth-order valence-electron chi connectivity index (χ4n) is 3.24. The highest BCUT2D eigenvalue weighted by Crippen LogP contribution is 2.37. The minimum absolute atomic E-state index is 0.000719. The fraction of sp³-hybridized carbons (Fsp3) is 0.316. The Morgan fingerprint density at radius 1 is 0.897 bits per heavy atom. The van der Waals surface area contributed by atoms with Gasteiger partial charge in [0.15, 0.2) is 0 Å². The zero-order valence-corrected chi connectivity index (χ0v) is 16.1. The summed E-state index contributed by atoms with van der Waals surface area (Å²) in [4.78, 5) is 13.9. The van der Waals surface area contributed by atoms with Gasteiger partial charge >= 0.3 is 12.4 Å². The van der Waals surface area contributed by atoms with Gasteiger partial charge in [-0.15, -0.1) is 0 Å². The van der Waals surface area contributed by atoms with Crippen molar-refractivity contribution in [2.45, 2.75) is 24.7 Å². The van der Waals surface area contributed by atoms with Crippen molar-refractivity contribution in [3.8, 4) is 0 Å². The molecule has 1 heterocycles. The van der Waals surface area contributed by atoms with E-state index in [1.807, 2.05) is 0 Å². The third kappa shape index (κ3) is 4.80. The van der Waals surface area contributed by atoms with Crippen molar-refractivity contribution in [2.75, 3.05) is 13.1 Å². The Labute approximate surface area is 172 Å². The molecule has 0 aliphatic carbocycles. The lowest BCUT2D eigenvalue weighted by Gasteiger charge is -2.19. The van der Waals surface area contributed by atoms with E-state index in [-0.39, 0.29) is 25.1 Å². The summed E-state index contributed by atoms with van der Waals surface area (Å²) in [6.45, 7) is 0.343. The minimum atomic E-state index is -5.01. The Morgan fingerprint density at radius 2 is 1.48 bits per heavy atom. The molecule has 1 fully saturated rings. The number of halogens is 8. The van der Waals surface area contributed by atoms with E-state index in [2.05, 4.69) is 0 Å². The minimum Gasteiger partial charge on any atom is -0.338 e. The van der Waals surface area contributed by atoms with Crippen molar-refractivity contribution in [2.24, 2.45) is 0 Å². The third-order valence-corrected chi connectivity index (χ3v) is 5.46. The highest BCUT2D eigenvalue weighted by molar-refractivity contribution is 6.42. The second-order valence-electron chi connectivity index (χ2n) is 6.70. The number of nitrogens with zero attached hydrogens (tertiary/aromatic N) is 1. The largest absolute Gasteiger partial charge is 0.416 e. The molecule has 0 aromatic heterocycles. The number of carbonyl (C=O) groups excluding carboxylic acids is 1. The molecule has 156 valence electrons. The smallest absolute Gasteiger partial charge is 0.338 e. The van der Waals surface area contributed by atoms with Crippen LogP contribution in [0, 0.1) is 0 Å². The van der Waals surface area contributed by atoms with Crippen LogP contribution in [0.4, 0.5) is 26.3 Å². The highest BCUT2D eigenvalue weighted by atomic mass is 35.5. The summed E-state index contributed by atoms with van der Waals surface area (Å²) >= 11 is 11.9. The van der Waals surface area contributed by atoms with Crippen molar-refractivity contribution in [3.05, 3.63) is 68.7 Å². The van der Waals surface area contributed by atoms with E-state index in [9.17, 15) is 31.1 Å². The molecule has 1 aliphatic rings. The molecular formula is C19H13Cl2F6NO.